The van der Waals surface area contributed by atoms with Crippen molar-refractivity contribution in [3.8, 4) is 0 Å². The van der Waals surface area contributed by atoms with Gasteiger partial charge in [0.1, 0.15) is 4.21 Å². The van der Waals surface area contributed by atoms with Crippen LogP contribution in [0.1, 0.15) is 10.4 Å². The third-order valence-corrected chi connectivity index (χ3v) is 6.17. The SMILES string of the molecule is CNCc1sc(S(=O)(=O)NCCSC(F)(F)F)cc1C. The number of thioether (sulfide) groups is 1. The van der Waals surface area contributed by atoms with Gasteiger partial charge in [-0.05, 0) is 37.4 Å². The van der Waals surface area contributed by atoms with Gasteiger partial charge >= 0.3 is 5.51 Å². The van der Waals surface area contributed by atoms with E-state index in [1.165, 1.54) is 6.07 Å². The first-order valence-electron chi connectivity index (χ1n) is 5.60. The zero-order valence-corrected chi connectivity index (χ0v) is 13.3. The Morgan fingerprint density at radius 2 is 2.05 bits per heavy atom. The molecule has 0 amide bonds. The molecule has 1 rings (SSSR count). The van der Waals surface area contributed by atoms with Gasteiger partial charge in [0.2, 0.25) is 10.0 Å². The van der Waals surface area contributed by atoms with Crippen molar-refractivity contribution < 1.29 is 21.6 Å². The zero-order chi connectivity index (χ0) is 15.4. The first-order chi connectivity index (χ1) is 9.15. The van der Waals surface area contributed by atoms with Crippen molar-refractivity contribution in [2.75, 3.05) is 19.3 Å². The molecule has 10 heteroatoms. The molecule has 20 heavy (non-hydrogen) atoms. The number of hydrogen-bond acceptors (Lipinski definition) is 5. The van der Waals surface area contributed by atoms with Crippen molar-refractivity contribution in [2.24, 2.45) is 0 Å². The Morgan fingerprint density at radius 3 is 2.60 bits per heavy atom. The summed E-state index contributed by atoms with van der Waals surface area (Å²) in [5.41, 5.74) is -3.50. The number of halogens is 3. The molecule has 0 bridgehead atoms. The molecule has 0 radical (unpaired) electrons. The lowest BCUT2D eigenvalue weighted by Crippen LogP contribution is -2.26. The van der Waals surface area contributed by atoms with E-state index in [4.69, 9.17) is 0 Å². The van der Waals surface area contributed by atoms with Crippen molar-refractivity contribution in [3.05, 3.63) is 16.5 Å². The van der Waals surface area contributed by atoms with Gasteiger partial charge in [0.05, 0.1) is 0 Å². The molecule has 1 aromatic heterocycles. The van der Waals surface area contributed by atoms with Crippen molar-refractivity contribution in [2.45, 2.75) is 23.2 Å². The molecule has 0 aliphatic rings. The van der Waals surface area contributed by atoms with Crippen LogP contribution >= 0.6 is 23.1 Å². The van der Waals surface area contributed by atoms with E-state index in [1.807, 2.05) is 0 Å². The number of hydrogen-bond donors (Lipinski definition) is 2. The Labute approximate surface area is 124 Å². The summed E-state index contributed by atoms with van der Waals surface area (Å²) in [4.78, 5) is 0.887. The van der Waals surface area contributed by atoms with E-state index < -0.39 is 15.5 Å². The van der Waals surface area contributed by atoms with Gasteiger partial charge in [-0.25, -0.2) is 13.1 Å². The molecule has 0 aromatic carbocycles. The third kappa shape index (κ3) is 5.60. The van der Waals surface area contributed by atoms with E-state index >= 15 is 0 Å². The predicted octanol–water partition coefficient (Wildman–Crippen LogP) is 2.31. The molecule has 0 fully saturated rings. The summed E-state index contributed by atoms with van der Waals surface area (Å²) in [5, 5.41) is 2.93. The predicted molar refractivity (Wildman–Crippen MR) is 75.5 cm³/mol. The maximum absolute atomic E-state index is 11.9. The summed E-state index contributed by atoms with van der Waals surface area (Å²) in [6.07, 6.45) is 0. The van der Waals surface area contributed by atoms with Crippen LogP contribution in [0.3, 0.4) is 0 Å². The van der Waals surface area contributed by atoms with Gasteiger partial charge in [0.25, 0.3) is 0 Å². The van der Waals surface area contributed by atoms with Gasteiger partial charge in [-0.15, -0.1) is 11.3 Å². The first-order valence-corrected chi connectivity index (χ1v) is 8.88. The molecule has 0 saturated carbocycles. The number of alkyl halides is 3. The van der Waals surface area contributed by atoms with Crippen LogP contribution in [-0.4, -0.2) is 33.3 Å². The van der Waals surface area contributed by atoms with Crippen LogP contribution in [0.4, 0.5) is 13.2 Å². The van der Waals surface area contributed by atoms with Crippen molar-refractivity contribution in [1.82, 2.24) is 10.0 Å². The zero-order valence-electron chi connectivity index (χ0n) is 10.9. The maximum Gasteiger partial charge on any atom is 0.441 e. The van der Waals surface area contributed by atoms with Gasteiger partial charge in [-0.2, -0.15) is 13.2 Å². The second kappa shape index (κ2) is 7.12. The van der Waals surface area contributed by atoms with Crippen LogP contribution < -0.4 is 10.0 Å². The molecule has 2 N–H and O–H groups in total. The second-order valence-corrected chi connectivity index (χ2v) is 8.18. The highest BCUT2D eigenvalue weighted by atomic mass is 32.2. The van der Waals surface area contributed by atoms with Crippen molar-refractivity contribution in [3.63, 3.8) is 0 Å². The minimum atomic E-state index is -4.34. The minimum Gasteiger partial charge on any atom is -0.315 e. The number of sulfonamides is 1. The molecule has 0 aliphatic heterocycles. The Kier molecular flexibility index (Phi) is 6.32. The van der Waals surface area contributed by atoms with E-state index in [9.17, 15) is 21.6 Å². The fraction of sp³-hybridized carbons (Fsp3) is 0.600. The molecular formula is C10H15F3N2O2S3. The summed E-state index contributed by atoms with van der Waals surface area (Å²) in [6, 6.07) is 1.52. The first kappa shape index (κ1) is 17.8. The summed E-state index contributed by atoms with van der Waals surface area (Å²) in [5.74, 6) is -0.351. The second-order valence-electron chi connectivity index (χ2n) is 3.89. The molecule has 0 aliphatic carbocycles. The number of nitrogens with one attached hydrogen (secondary N) is 2. The number of aryl methyl sites for hydroxylation is 1. The van der Waals surface area contributed by atoms with Gasteiger partial charge < -0.3 is 5.32 Å². The highest BCUT2D eigenvalue weighted by Crippen LogP contribution is 2.30. The van der Waals surface area contributed by atoms with Crippen LogP contribution in [0.25, 0.3) is 0 Å². The molecule has 4 nitrogen and oxygen atoms in total. The normalized spacial score (nSPS) is 12.8. The van der Waals surface area contributed by atoms with E-state index in [0.717, 1.165) is 21.8 Å². The Morgan fingerprint density at radius 1 is 1.40 bits per heavy atom. The molecule has 1 aromatic rings. The maximum atomic E-state index is 11.9. The topological polar surface area (TPSA) is 58.2 Å². The summed E-state index contributed by atoms with van der Waals surface area (Å²) in [6.45, 7) is 2.09. The number of thiophene rings is 1. The van der Waals surface area contributed by atoms with Crippen LogP contribution in [0.5, 0.6) is 0 Å². The highest BCUT2D eigenvalue weighted by molar-refractivity contribution is 8.00. The lowest BCUT2D eigenvalue weighted by molar-refractivity contribution is -0.0327. The summed E-state index contributed by atoms with van der Waals surface area (Å²) < 4.78 is 61.9. The fourth-order valence-electron chi connectivity index (χ4n) is 1.37. The monoisotopic (exact) mass is 348 g/mol. The molecular weight excluding hydrogens is 333 g/mol. The van der Waals surface area contributed by atoms with Gasteiger partial charge in [-0.3, -0.25) is 0 Å². The van der Waals surface area contributed by atoms with Gasteiger partial charge in [0.15, 0.2) is 0 Å². The van der Waals surface area contributed by atoms with Crippen LogP contribution in [0.15, 0.2) is 10.3 Å². The minimum absolute atomic E-state index is 0.122. The molecule has 0 unspecified atom stereocenters. The lowest BCUT2D eigenvalue weighted by Gasteiger charge is -2.06. The van der Waals surface area contributed by atoms with Crippen LogP contribution in [0, 0.1) is 6.92 Å². The van der Waals surface area contributed by atoms with Crippen molar-refractivity contribution in [1.29, 1.82) is 0 Å². The molecule has 1 heterocycles. The van der Waals surface area contributed by atoms with E-state index in [-0.39, 0.29) is 28.3 Å². The molecule has 0 saturated heterocycles. The average Bonchev–Trinajstić information content (AvgIpc) is 2.67. The van der Waals surface area contributed by atoms with E-state index in [0.29, 0.717) is 6.54 Å². The quantitative estimate of drug-likeness (QED) is 0.743. The van der Waals surface area contributed by atoms with Gasteiger partial charge in [-0.1, -0.05) is 0 Å². The molecule has 116 valence electrons. The Balaban J connectivity index is 2.62. The summed E-state index contributed by atoms with van der Waals surface area (Å²) >= 11 is 0.865. The van der Waals surface area contributed by atoms with Crippen LogP contribution in [0.2, 0.25) is 0 Å². The summed E-state index contributed by atoms with van der Waals surface area (Å²) in [7, 11) is -1.99. The fourth-order valence-corrected chi connectivity index (χ4v) is 4.61. The average molecular weight is 348 g/mol. The smallest absolute Gasteiger partial charge is 0.315 e. The largest absolute Gasteiger partial charge is 0.441 e. The Bertz CT molecular complexity index is 540. The highest BCUT2D eigenvalue weighted by Gasteiger charge is 2.28. The number of rotatable bonds is 7. The Hall–Kier alpha value is -0.290. The van der Waals surface area contributed by atoms with Crippen LogP contribution in [-0.2, 0) is 16.6 Å². The van der Waals surface area contributed by atoms with Gasteiger partial charge in [0, 0.05) is 23.7 Å². The standard InChI is InChI=1S/C10H15F3N2O2S3/c1-7-5-9(19-8(7)6-14-2)20(16,17)15-3-4-18-10(11,12)13/h5,14-15H,3-4,6H2,1-2H3. The molecule has 0 atom stereocenters. The lowest BCUT2D eigenvalue weighted by atomic mass is 10.3. The van der Waals surface area contributed by atoms with E-state index in [1.54, 1.807) is 14.0 Å². The van der Waals surface area contributed by atoms with Crippen molar-refractivity contribution >= 4 is 33.1 Å². The van der Waals surface area contributed by atoms with E-state index in [2.05, 4.69) is 10.0 Å². The molecule has 0 spiro atoms. The third-order valence-electron chi connectivity index (χ3n) is 2.26.